The maximum atomic E-state index is 12.2. The molecule has 1 saturated heterocycles. The molecule has 1 unspecified atom stereocenters. The van der Waals surface area contributed by atoms with Gasteiger partial charge in [0.15, 0.2) is 0 Å². The fourth-order valence-corrected chi connectivity index (χ4v) is 3.91. The highest BCUT2D eigenvalue weighted by atomic mass is 32.3. The fourth-order valence-electron chi connectivity index (χ4n) is 1.50. The van der Waals surface area contributed by atoms with E-state index in [1.165, 1.54) is 12.1 Å². The van der Waals surface area contributed by atoms with E-state index >= 15 is 0 Å². The first-order chi connectivity index (χ1) is 9.37. The van der Waals surface area contributed by atoms with Crippen LogP contribution in [0.2, 0.25) is 0 Å². The van der Waals surface area contributed by atoms with Crippen molar-refractivity contribution in [3.05, 3.63) is 29.8 Å². The third-order valence-corrected chi connectivity index (χ3v) is 6.13. The van der Waals surface area contributed by atoms with Crippen molar-refractivity contribution in [2.24, 2.45) is 0 Å². The lowest BCUT2D eigenvalue weighted by atomic mass is 10.0. The molecule has 1 aliphatic rings. The Morgan fingerprint density at radius 1 is 1.14 bits per heavy atom. The molecule has 118 valence electrons. The van der Waals surface area contributed by atoms with Crippen LogP contribution in [-0.4, -0.2) is 29.0 Å². The number of halogens is 3. The maximum Gasteiger partial charge on any atom is 0.512 e. The molecule has 0 aromatic heterocycles. The summed E-state index contributed by atoms with van der Waals surface area (Å²) in [6.07, 6.45) is 0. The van der Waals surface area contributed by atoms with Gasteiger partial charge in [-0.3, -0.25) is 0 Å². The van der Waals surface area contributed by atoms with Crippen LogP contribution in [0, 0.1) is 0 Å². The molecule has 11 heteroatoms. The number of hydrogen-bond donors (Lipinski definition) is 1. The van der Waals surface area contributed by atoms with Crippen LogP contribution in [0.3, 0.4) is 0 Å². The van der Waals surface area contributed by atoms with Gasteiger partial charge in [0.05, 0.1) is 11.5 Å². The molecule has 1 aromatic rings. The van der Waals surface area contributed by atoms with Gasteiger partial charge in [-0.1, -0.05) is 16.3 Å². The van der Waals surface area contributed by atoms with Crippen LogP contribution in [0.1, 0.15) is 12.5 Å². The first kappa shape index (κ1) is 16.2. The van der Waals surface area contributed by atoms with Gasteiger partial charge in [-0.25, -0.2) is 16.8 Å². The molecule has 2 rings (SSSR count). The zero-order chi connectivity index (χ0) is 16.1. The van der Waals surface area contributed by atoms with Gasteiger partial charge >= 0.3 is 15.5 Å². The van der Waals surface area contributed by atoms with Crippen LogP contribution < -0.4 is 4.13 Å². The lowest BCUT2D eigenvalue weighted by molar-refractivity contribution is -0.0441. The minimum Gasteiger partial charge on any atom is -0.365 e. The van der Waals surface area contributed by atoms with E-state index in [1.807, 2.05) is 0 Å². The molecular formula is C10H10F3NO5S2. The summed E-state index contributed by atoms with van der Waals surface area (Å²) >= 11 is 0. The van der Waals surface area contributed by atoms with Crippen LogP contribution in [0.5, 0.6) is 0 Å². The number of hydrogen-bond acceptors (Lipinski definition) is 5. The normalized spacial score (nSPS) is 23.0. The van der Waals surface area contributed by atoms with Gasteiger partial charge in [0.1, 0.15) is 5.60 Å². The van der Waals surface area contributed by atoms with Crippen molar-refractivity contribution in [2.45, 2.75) is 22.9 Å². The first-order valence-electron chi connectivity index (χ1n) is 5.47. The Hall–Kier alpha value is -1.17. The summed E-state index contributed by atoms with van der Waals surface area (Å²) in [5.41, 5.74) is -5.61. The quantitative estimate of drug-likeness (QED) is 0.824. The van der Waals surface area contributed by atoms with E-state index in [0.29, 0.717) is 16.3 Å². The lowest BCUT2D eigenvalue weighted by Crippen LogP contribution is -2.40. The highest BCUT2D eigenvalue weighted by Crippen LogP contribution is 2.38. The van der Waals surface area contributed by atoms with Crippen molar-refractivity contribution >= 4 is 20.0 Å². The summed E-state index contributed by atoms with van der Waals surface area (Å²) in [6, 6.07) is 4.72. The lowest BCUT2D eigenvalue weighted by Gasteiger charge is -2.11. The van der Waals surface area contributed by atoms with Crippen LogP contribution in [-0.2, 0) is 30.4 Å². The number of benzene rings is 1. The van der Waals surface area contributed by atoms with E-state index in [2.05, 4.69) is 0 Å². The van der Waals surface area contributed by atoms with Crippen LogP contribution in [0.15, 0.2) is 29.2 Å². The van der Waals surface area contributed by atoms with Gasteiger partial charge in [-0.2, -0.15) is 13.2 Å². The van der Waals surface area contributed by atoms with E-state index in [1.54, 1.807) is 6.92 Å². The van der Waals surface area contributed by atoms with Crippen molar-refractivity contribution in [2.75, 3.05) is 6.61 Å². The topological polar surface area (TPSA) is 92.8 Å². The van der Waals surface area contributed by atoms with E-state index < -0.39 is 36.1 Å². The van der Waals surface area contributed by atoms with Gasteiger partial charge in [0.2, 0.25) is 0 Å². The van der Waals surface area contributed by atoms with Crippen molar-refractivity contribution in [1.29, 1.82) is 0 Å². The minimum absolute atomic E-state index is 0.444. The van der Waals surface area contributed by atoms with Crippen LogP contribution in [0.25, 0.3) is 0 Å². The Kier molecular flexibility index (Phi) is 3.60. The van der Waals surface area contributed by atoms with Gasteiger partial charge in [-0.15, -0.1) is 0 Å². The number of rotatable bonds is 4. The third-order valence-electron chi connectivity index (χ3n) is 2.88. The molecule has 0 amide bonds. The van der Waals surface area contributed by atoms with E-state index in [9.17, 15) is 30.0 Å². The summed E-state index contributed by atoms with van der Waals surface area (Å²) in [4.78, 5) is -0.594. The number of ether oxygens (including phenoxy) is 1. The minimum atomic E-state index is -5.99. The molecule has 1 aromatic carbocycles. The first-order valence-corrected chi connectivity index (χ1v) is 8.43. The number of alkyl halides is 3. The summed E-state index contributed by atoms with van der Waals surface area (Å²) in [7, 11) is -10.8. The second kappa shape index (κ2) is 4.66. The Labute approximate surface area is 119 Å². The molecular weight excluding hydrogens is 335 g/mol. The second-order valence-electron chi connectivity index (χ2n) is 4.58. The van der Waals surface area contributed by atoms with Crippen molar-refractivity contribution in [3.8, 4) is 0 Å². The highest BCUT2D eigenvalue weighted by Gasteiger charge is 2.48. The molecule has 0 aliphatic carbocycles. The molecule has 0 bridgehead atoms. The van der Waals surface area contributed by atoms with E-state index in [0.717, 1.165) is 12.1 Å². The predicted octanol–water partition coefficient (Wildman–Crippen LogP) is 1.06. The zero-order valence-electron chi connectivity index (χ0n) is 10.5. The summed E-state index contributed by atoms with van der Waals surface area (Å²) in [5.74, 6) is 0. The molecule has 0 saturated carbocycles. The molecule has 0 spiro atoms. The molecule has 1 N–H and O–H groups in total. The number of nitrogens with one attached hydrogen (secondary N) is 1. The standard InChI is InChI=1S/C10H10F3NO5S2/c1-9(6-19-9)7-2-4-8(5-3-7)20(15,16)14-21(17,18)10(11,12)13/h2-5,14H,6H2,1H3. The van der Waals surface area contributed by atoms with E-state index in [-0.39, 0.29) is 0 Å². The van der Waals surface area contributed by atoms with Crippen molar-refractivity contribution < 1.29 is 34.7 Å². The van der Waals surface area contributed by atoms with Gasteiger partial charge < -0.3 is 4.74 Å². The SMILES string of the molecule is CC1(c2ccc(S(=O)(=O)NS(=O)(=O)C(F)(F)F)cc2)CO1. The highest BCUT2D eigenvalue weighted by molar-refractivity contribution is 8.05. The number of sulfonamides is 2. The second-order valence-corrected chi connectivity index (χ2v) is 8.19. The molecule has 1 atom stereocenters. The Morgan fingerprint density at radius 2 is 1.62 bits per heavy atom. The van der Waals surface area contributed by atoms with Crippen LogP contribution >= 0.6 is 0 Å². The number of epoxide rings is 1. The van der Waals surface area contributed by atoms with Gasteiger partial charge in [0, 0.05) is 0 Å². The summed E-state index contributed by atoms with van der Waals surface area (Å²) < 4.78 is 87.3. The largest absolute Gasteiger partial charge is 0.512 e. The van der Waals surface area contributed by atoms with Gasteiger partial charge in [0.25, 0.3) is 10.0 Å². The zero-order valence-corrected chi connectivity index (χ0v) is 12.1. The molecule has 21 heavy (non-hydrogen) atoms. The maximum absolute atomic E-state index is 12.2. The van der Waals surface area contributed by atoms with Gasteiger partial charge in [-0.05, 0) is 24.6 Å². The fraction of sp³-hybridized carbons (Fsp3) is 0.400. The average molecular weight is 345 g/mol. The average Bonchev–Trinajstić information content (AvgIpc) is 3.06. The van der Waals surface area contributed by atoms with Crippen molar-refractivity contribution in [1.82, 2.24) is 4.13 Å². The van der Waals surface area contributed by atoms with E-state index in [4.69, 9.17) is 4.74 Å². The molecule has 1 fully saturated rings. The Morgan fingerprint density at radius 3 is 2.00 bits per heavy atom. The van der Waals surface area contributed by atoms with Crippen LogP contribution in [0.4, 0.5) is 13.2 Å². The Balaban J connectivity index is 2.28. The smallest absolute Gasteiger partial charge is 0.365 e. The molecule has 1 heterocycles. The third kappa shape index (κ3) is 3.20. The Bertz CT molecular complexity index is 749. The monoisotopic (exact) mass is 345 g/mol. The van der Waals surface area contributed by atoms with Crippen molar-refractivity contribution in [3.63, 3.8) is 0 Å². The molecule has 1 aliphatic heterocycles. The predicted molar refractivity (Wildman–Crippen MR) is 65.0 cm³/mol. The summed E-state index contributed by atoms with van der Waals surface area (Å²) in [6.45, 7) is 2.20. The molecule has 0 radical (unpaired) electrons. The molecule has 6 nitrogen and oxygen atoms in total. The summed E-state index contributed by atoms with van der Waals surface area (Å²) in [5, 5.41) is 0.